The molecule has 0 unspecified atom stereocenters. The van der Waals surface area contributed by atoms with E-state index in [-0.39, 0.29) is 0 Å². The van der Waals surface area contributed by atoms with Gasteiger partial charge in [-0.05, 0) is 59.7 Å². The average molecular weight is 695 g/mol. The van der Waals surface area contributed by atoms with Gasteiger partial charge in [0.2, 0.25) is 0 Å². The van der Waals surface area contributed by atoms with Gasteiger partial charge < -0.3 is 0 Å². The molecule has 0 amide bonds. The lowest BCUT2D eigenvalue weighted by Gasteiger charge is -2.09. The van der Waals surface area contributed by atoms with Crippen LogP contribution in [0.3, 0.4) is 0 Å². The Balaban J connectivity index is 1.15. The Morgan fingerprint density at radius 1 is 0.478 bits per heavy atom. The lowest BCUT2D eigenvalue weighted by atomic mass is 9.99. The second-order valence-corrected chi connectivity index (χ2v) is 16.1. The molecule has 5 rings (SSSR count). The van der Waals surface area contributed by atoms with Gasteiger partial charge in [0.05, 0.1) is 23.1 Å². The van der Waals surface area contributed by atoms with Gasteiger partial charge in [-0.1, -0.05) is 129 Å². The van der Waals surface area contributed by atoms with Crippen LogP contribution >= 0.6 is 34.4 Å². The lowest BCUT2D eigenvalue weighted by Crippen LogP contribution is -1.87. The Morgan fingerprint density at radius 3 is 1.24 bits per heavy atom. The third-order valence-electron chi connectivity index (χ3n) is 9.36. The SMILES string of the molecule is CCCCCCCCCCCCc1csc(-c2c3c(c(-c4cc(CCCCCCCCCCCC)cs4)c4nsnc24)N=S=N3)c1. The maximum Gasteiger partial charge on any atom is 0.116 e. The van der Waals surface area contributed by atoms with Gasteiger partial charge in [0.1, 0.15) is 22.4 Å². The summed E-state index contributed by atoms with van der Waals surface area (Å²) >= 11 is 6.27. The number of aromatic nitrogens is 2. The Labute approximate surface area is 294 Å². The summed E-state index contributed by atoms with van der Waals surface area (Å²) in [5.74, 6) is 0. The first-order valence-electron chi connectivity index (χ1n) is 18.4. The quantitative estimate of drug-likeness (QED) is 0.0604. The fourth-order valence-electron chi connectivity index (χ4n) is 6.63. The van der Waals surface area contributed by atoms with Crippen LogP contribution in [0.2, 0.25) is 0 Å². The van der Waals surface area contributed by atoms with Crippen molar-refractivity contribution in [1.29, 1.82) is 0 Å². The summed E-state index contributed by atoms with van der Waals surface area (Å²) < 4.78 is 19.4. The number of unbranched alkanes of at least 4 members (excludes halogenated alkanes) is 18. The second-order valence-electron chi connectivity index (χ2n) is 13.2. The zero-order valence-electron chi connectivity index (χ0n) is 28.3. The molecule has 8 heteroatoms. The highest BCUT2D eigenvalue weighted by atomic mass is 32.1. The molecule has 0 spiro atoms. The minimum atomic E-state index is 0.984. The van der Waals surface area contributed by atoms with Crippen molar-refractivity contribution in [2.24, 2.45) is 8.73 Å². The van der Waals surface area contributed by atoms with Crippen LogP contribution in [0.25, 0.3) is 31.9 Å². The number of hydrogen-bond acceptors (Lipinski definition) is 7. The Bertz CT molecular complexity index is 1430. The lowest BCUT2D eigenvalue weighted by molar-refractivity contribution is 0.556. The Hall–Kier alpha value is -1.74. The van der Waals surface area contributed by atoms with Crippen LogP contribution in [0, 0.1) is 0 Å². The standard InChI is InChI=1S/C38H54N4S4/c1-3-5-7-9-11-13-15-17-19-21-23-29-25-31(43-27-29)33-35-37(41-45-39-35)34(38-36(33)40-46-42-38)32-26-30(28-44-32)24-22-20-18-16-14-12-10-8-6-4-2/h25-28H,3-24H2,1-2H3. The molecule has 1 aliphatic rings. The molecule has 1 aliphatic heterocycles. The third-order valence-corrected chi connectivity index (χ3v) is 12.4. The number of benzene rings is 1. The normalized spacial score (nSPS) is 12.4. The van der Waals surface area contributed by atoms with Crippen LogP contribution in [0.15, 0.2) is 31.6 Å². The van der Waals surface area contributed by atoms with Crippen molar-refractivity contribution in [3.63, 3.8) is 0 Å². The molecule has 46 heavy (non-hydrogen) atoms. The Morgan fingerprint density at radius 2 is 0.848 bits per heavy atom. The van der Waals surface area contributed by atoms with Crippen molar-refractivity contribution in [3.8, 4) is 20.9 Å². The predicted molar refractivity (Wildman–Crippen MR) is 207 cm³/mol. The first-order chi connectivity index (χ1) is 22.8. The molecular formula is C38H54N4S4. The number of nitrogens with zero attached hydrogens (tertiary/aromatic N) is 4. The van der Waals surface area contributed by atoms with Crippen molar-refractivity contribution >= 4 is 68.2 Å². The zero-order chi connectivity index (χ0) is 31.8. The Kier molecular flexibility index (Phi) is 15.4. The fraction of sp³-hybridized carbons (Fsp3) is 0.632. The van der Waals surface area contributed by atoms with Crippen molar-refractivity contribution in [3.05, 3.63) is 34.0 Å². The molecule has 0 atom stereocenters. The summed E-state index contributed by atoms with van der Waals surface area (Å²) in [6, 6.07) is 4.75. The van der Waals surface area contributed by atoms with Gasteiger partial charge in [-0.3, -0.25) is 0 Å². The van der Waals surface area contributed by atoms with Gasteiger partial charge in [-0.15, -0.1) is 22.7 Å². The first-order valence-corrected chi connectivity index (χ1v) is 21.6. The van der Waals surface area contributed by atoms with E-state index in [0.29, 0.717) is 0 Å². The molecule has 250 valence electrons. The summed E-state index contributed by atoms with van der Waals surface area (Å²) in [4.78, 5) is 2.49. The smallest absolute Gasteiger partial charge is 0.116 e. The maximum atomic E-state index is 4.84. The summed E-state index contributed by atoms with van der Waals surface area (Å²) in [7, 11) is 0. The summed E-state index contributed by atoms with van der Waals surface area (Å²) in [6.07, 6.45) is 29.8. The molecule has 1 aromatic carbocycles. The summed E-state index contributed by atoms with van der Waals surface area (Å²) in [5, 5.41) is 4.68. The van der Waals surface area contributed by atoms with Crippen molar-refractivity contribution in [1.82, 2.24) is 8.75 Å². The maximum absolute atomic E-state index is 4.84. The molecule has 0 N–H and O–H groups in total. The molecule has 4 heterocycles. The van der Waals surface area contributed by atoms with E-state index in [2.05, 4.69) is 36.7 Å². The van der Waals surface area contributed by atoms with Crippen LogP contribution in [-0.2, 0) is 24.2 Å². The number of rotatable bonds is 24. The van der Waals surface area contributed by atoms with Gasteiger partial charge in [0.15, 0.2) is 0 Å². The van der Waals surface area contributed by atoms with E-state index >= 15 is 0 Å². The number of aryl methyl sites for hydroxylation is 2. The van der Waals surface area contributed by atoms with Crippen LogP contribution in [0.1, 0.15) is 153 Å². The van der Waals surface area contributed by atoms with Crippen molar-refractivity contribution in [2.75, 3.05) is 0 Å². The molecule has 0 saturated heterocycles. The van der Waals surface area contributed by atoms with Crippen molar-refractivity contribution in [2.45, 2.75) is 155 Å². The molecule has 3 aromatic heterocycles. The van der Waals surface area contributed by atoms with E-state index in [9.17, 15) is 0 Å². The topological polar surface area (TPSA) is 50.5 Å². The molecule has 0 aliphatic carbocycles. The van der Waals surface area contributed by atoms with E-state index in [4.69, 9.17) is 17.5 Å². The predicted octanol–water partition coefficient (Wildman–Crippen LogP) is 14.8. The van der Waals surface area contributed by atoms with Crippen LogP contribution in [0.4, 0.5) is 11.4 Å². The van der Waals surface area contributed by atoms with E-state index in [1.807, 2.05) is 22.7 Å². The molecule has 4 nitrogen and oxygen atoms in total. The molecule has 0 bridgehead atoms. The summed E-state index contributed by atoms with van der Waals surface area (Å²) in [6.45, 7) is 4.58. The molecule has 4 aromatic rings. The monoisotopic (exact) mass is 694 g/mol. The van der Waals surface area contributed by atoms with Crippen LogP contribution in [0.5, 0.6) is 0 Å². The largest absolute Gasteiger partial charge is 0.172 e. The molecule has 0 saturated carbocycles. The minimum absolute atomic E-state index is 0.984. The average Bonchev–Trinajstić information content (AvgIpc) is 3.90. The van der Waals surface area contributed by atoms with Gasteiger partial charge in [-0.2, -0.15) is 17.5 Å². The highest BCUT2D eigenvalue weighted by Gasteiger charge is 2.27. The van der Waals surface area contributed by atoms with E-state index < -0.39 is 0 Å². The third kappa shape index (κ3) is 10.1. The van der Waals surface area contributed by atoms with Crippen molar-refractivity contribution < 1.29 is 0 Å². The number of hydrogen-bond donors (Lipinski definition) is 0. The van der Waals surface area contributed by atoms with Gasteiger partial charge >= 0.3 is 0 Å². The van der Waals surface area contributed by atoms with Gasteiger partial charge in [0, 0.05) is 20.9 Å². The molecular weight excluding hydrogens is 641 g/mol. The van der Waals surface area contributed by atoms with Gasteiger partial charge in [-0.25, -0.2) is 0 Å². The number of fused-ring (bicyclic) bond motifs is 2. The minimum Gasteiger partial charge on any atom is -0.172 e. The highest BCUT2D eigenvalue weighted by Crippen LogP contribution is 2.53. The van der Waals surface area contributed by atoms with E-state index in [1.54, 1.807) is 0 Å². The zero-order valence-corrected chi connectivity index (χ0v) is 31.6. The molecule has 0 fully saturated rings. The number of thiophene rings is 2. The van der Waals surface area contributed by atoms with E-state index in [0.717, 1.165) is 46.4 Å². The first kappa shape index (κ1) is 35.6. The van der Waals surface area contributed by atoms with E-state index in [1.165, 1.54) is 172 Å². The summed E-state index contributed by atoms with van der Waals surface area (Å²) in [5.41, 5.74) is 9.05. The van der Waals surface area contributed by atoms with Gasteiger partial charge in [0.25, 0.3) is 0 Å². The second kappa shape index (κ2) is 19.9. The van der Waals surface area contributed by atoms with Crippen LogP contribution < -0.4 is 0 Å². The van der Waals surface area contributed by atoms with Crippen LogP contribution in [-0.4, -0.2) is 8.75 Å². The molecule has 0 radical (unpaired) electrons. The highest BCUT2D eigenvalue weighted by molar-refractivity contribution is 7.58. The fourth-order valence-corrected chi connectivity index (χ4v) is 9.74.